The van der Waals surface area contributed by atoms with Crippen molar-refractivity contribution in [3.05, 3.63) is 66.5 Å². The van der Waals surface area contributed by atoms with Crippen molar-refractivity contribution in [1.29, 1.82) is 0 Å². The number of rotatable bonds is 4. The van der Waals surface area contributed by atoms with E-state index in [1.807, 2.05) is 6.07 Å². The van der Waals surface area contributed by atoms with E-state index in [9.17, 15) is 9.59 Å². The van der Waals surface area contributed by atoms with Crippen LogP contribution < -0.4 is 10.6 Å². The molecule has 3 aromatic rings. The second kappa shape index (κ2) is 6.48. The lowest BCUT2D eigenvalue weighted by Gasteiger charge is -2.06. The van der Waals surface area contributed by atoms with Crippen LogP contribution in [0.1, 0.15) is 21.0 Å². The predicted molar refractivity (Wildman–Crippen MR) is 83.0 cm³/mol. The second-order valence-corrected chi connectivity index (χ2v) is 4.52. The maximum Gasteiger partial charge on any atom is 0.275 e. The Balaban J connectivity index is 1.74. The van der Waals surface area contributed by atoms with Gasteiger partial charge < -0.3 is 10.6 Å². The molecule has 2 amide bonds. The van der Waals surface area contributed by atoms with Gasteiger partial charge in [0.05, 0.1) is 18.1 Å². The molecule has 0 saturated carbocycles. The molecule has 0 spiro atoms. The van der Waals surface area contributed by atoms with Crippen molar-refractivity contribution < 1.29 is 9.59 Å². The topological polar surface area (TPSA) is 113 Å². The number of carbonyl (C=O) groups is 2. The zero-order valence-electron chi connectivity index (χ0n) is 11.9. The van der Waals surface area contributed by atoms with E-state index >= 15 is 0 Å². The van der Waals surface area contributed by atoms with Crippen LogP contribution in [-0.4, -0.2) is 32.0 Å². The highest BCUT2D eigenvalue weighted by Crippen LogP contribution is 2.15. The standard InChI is InChI=1S/C15H12N6O2/c22-14(12-8-16-6-7-17-12)20-11-9-18-21-13(11)15(23)19-10-4-2-1-3-5-10/h1-9H,(H,18,21)(H,19,23)(H,20,22). The fraction of sp³-hybridized carbons (Fsp3) is 0. The summed E-state index contributed by atoms with van der Waals surface area (Å²) in [6.07, 6.45) is 5.56. The minimum atomic E-state index is -0.478. The van der Waals surface area contributed by atoms with Gasteiger partial charge in [-0.05, 0) is 12.1 Å². The van der Waals surface area contributed by atoms with Gasteiger partial charge in [-0.2, -0.15) is 5.10 Å². The van der Waals surface area contributed by atoms with Gasteiger partial charge in [0.2, 0.25) is 0 Å². The molecule has 0 aliphatic carbocycles. The molecular weight excluding hydrogens is 296 g/mol. The summed E-state index contributed by atoms with van der Waals surface area (Å²) < 4.78 is 0. The van der Waals surface area contributed by atoms with Gasteiger partial charge >= 0.3 is 0 Å². The molecule has 0 saturated heterocycles. The third-order valence-electron chi connectivity index (χ3n) is 2.94. The van der Waals surface area contributed by atoms with Crippen LogP contribution in [0.15, 0.2) is 55.1 Å². The second-order valence-electron chi connectivity index (χ2n) is 4.52. The number of carbonyl (C=O) groups excluding carboxylic acids is 2. The summed E-state index contributed by atoms with van der Waals surface area (Å²) in [5.41, 5.74) is 1.18. The van der Waals surface area contributed by atoms with Gasteiger partial charge in [0.25, 0.3) is 11.8 Å². The molecule has 8 nitrogen and oxygen atoms in total. The number of aromatic amines is 1. The van der Waals surface area contributed by atoms with Gasteiger partial charge in [0, 0.05) is 18.1 Å². The summed E-state index contributed by atoms with van der Waals surface area (Å²) >= 11 is 0. The van der Waals surface area contributed by atoms with Crippen molar-refractivity contribution in [2.24, 2.45) is 0 Å². The van der Waals surface area contributed by atoms with E-state index in [1.54, 1.807) is 24.3 Å². The van der Waals surface area contributed by atoms with Crippen LogP contribution in [0, 0.1) is 0 Å². The molecule has 0 unspecified atom stereocenters. The number of anilines is 2. The van der Waals surface area contributed by atoms with E-state index in [2.05, 4.69) is 30.8 Å². The molecule has 3 N–H and O–H groups in total. The van der Waals surface area contributed by atoms with E-state index in [-0.39, 0.29) is 17.1 Å². The van der Waals surface area contributed by atoms with Gasteiger partial charge in [0.15, 0.2) is 0 Å². The summed E-state index contributed by atoms with van der Waals surface area (Å²) in [5.74, 6) is -0.892. The van der Waals surface area contributed by atoms with Crippen molar-refractivity contribution >= 4 is 23.2 Å². The average Bonchev–Trinajstić information content (AvgIpc) is 3.05. The normalized spacial score (nSPS) is 10.1. The van der Waals surface area contributed by atoms with E-state index in [0.29, 0.717) is 5.69 Å². The first-order valence-corrected chi connectivity index (χ1v) is 6.71. The van der Waals surface area contributed by atoms with Crippen molar-refractivity contribution in [2.75, 3.05) is 10.6 Å². The molecule has 8 heteroatoms. The minimum absolute atomic E-state index is 0.142. The number of H-pyrrole nitrogens is 1. The number of hydrogen-bond donors (Lipinski definition) is 3. The number of para-hydroxylation sites is 1. The Morgan fingerprint density at radius 2 is 1.78 bits per heavy atom. The lowest BCUT2D eigenvalue weighted by Crippen LogP contribution is -2.18. The number of hydrogen-bond acceptors (Lipinski definition) is 5. The highest BCUT2D eigenvalue weighted by atomic mass is 16.2. The van der Waals surface area contributed by atoms with Crippen LogP contribution in [0.2, 0.25) is 0 Å². The first-order chi connectivity index (χ1) is 11.2. The van der Waals surface area contributed by atoms with E-state index in [1.165, 1.54) is 24.8 Å². The van der Waals surface area contributed by atoms with Gasteiger partial charge in [-0.3, -0.25) is 19.7 Å². The first kappa shape index (κ1) is 14.4. The fourth-order valence-electron chi connectivity index (χ4n) is 1.87. The Labute approximate surface area is 131 Å². The number of benzene rings is 1. The third kappa shape index (κ3) is 3.38. The smallest absolute Gasteiger partial charge is 0.275 e. The molecule has 0 radical (unpaired) electrons. The fourth-order valence-corrected chi connectivity index (χ4v) is 1.87. The zero-order chi connectivity index (χ0) is 16.1. The summed E-state index contributed by atoms with van der Waals surface area (Å²) in [4.78, 5) is 32.0. The lowest BCUT2D eigenvalue weighted by atomic mass is 10.3. The molecule has 0 atom stereocenters. The van der Waals surface area contributed by atoms with Crippen LogP contribution in [0.5, 0.6) is 0 Å². The summed E-state index contributed by atoms with van der Waals surface area (Å²) in [7, 11) is 0. The highest BCUT2D eigenvalue weighted by Gasteiger charge is 2.17. The molecule has 2 heterocycles. The largest absolute Gasteiger partial charge is 0.321 e. The van der Waals surface area contributed by atoms with Gasteiger partial charge in [-0.1, -0.05) is 18.2 Å². The van der Waals surface area contributed by atoms with Crippen LogP contribution in [0.3, 0.4) is 0 Å². The Hall–Kier alpha value is -3.55. The summed E-state index contributed by atoms with van der Waals surface area (Å²) in [6, 6.07) is 8.97. The number of aromatic nitrogens is 4. The predicted octanol–water partition coefficient (Wildman–Crippen LogP) is 1.70. The van der Waals surface area contributed by atoms with Crippen molar-refractivity contribution in [3.8, 4) is 0 Å². The number of amides is 2. The molecule has 0 bridgehead atoms. The molecule has 23 heavy (non-hydrogen) atoms. The number of nitrogens with one attached hydrogen (secondary N) is 3. The van der Waals surface area contributed by atoms with Gasteiger partial charge in [-0.25, -0.2) is 4.98 Å². The Morgan fingerprint density at radius 1 is 0.957 bits per heavy atom. The number of nitrogens with zero attached hydrogens (tertiary/aromatic N) is 3. The third-order valence-corrected chi connectivity index (χ3v) is 2.94. The monoisotopic (exact) mass is 308 g/mol. The molecule has 3 rings (SSSR count). The maximum atomic E-state index is 12.3. The van der Waals surface area contributed by atoms with E-state index < -0.39 is 11.8 Å². The molecule has 114 valence electrons. The van der Waals surface area contributed by atoms with Gasteiger partial charge in [0.1, 0.15) is 11.4 Å². The average molecular weight is 308 g/mol. The molecule has 0 aliphatic rings. The quantitative estimate of drug-likeness (QED) is 0.679. The lowest BCUT2D eigenvalue weighted by molar-refractivity contribution is 0.102. The van der Waals surface area contributed by atoms with Crippen molar-refractivity contribution in [3.63, 3.8) is 0 Å². The highest BCUT2D eigenvalue weighted by molar-refractivity contribution is 6.10. The molecular formula is C15H12N6O2. The molecule has 2 aromatic heterocycles. The van der Waals surface area contributed by atoms with Gasteiger partial charge in [-0.15, -0.1) is 0 Å². The van der Waals surface area contributed by atoms with Crippen LogP contribution >= 0.6 is 0 Å². The Morgan fingerprint density at radius 3 is 2.52 bits per heavy atom. The van der Waals surface area contributed by atoms with Crippen LogP contribution in [-0.2, 0) is 0 Å². The molecule has 1 aromatic carbocycles. The van der Waals surface area contributed by atoms with Crippen LogP contribution in [0.4, 0.5) is 11.4 Å². The zero-order valence-corrected chi connectivity index (χ0v) is 11.9. The Bertz CT molecular complexity index is 816. The molecule has 0 aliphatic heterocycles. The summed E-state index contributed by atoms with van der Waals surface area (Å²) in [5, 5.41) is 11.7. The molecule has 0 fully saturated rings. The summed E-state index contributed by atoms with van der Waals surface area (Å²) in [6.45, 7) is 0. The maximum absolute atomic E-state index is 12.3. The van der Waals surface area contributed by atoms with Crippen molar-refractivity contribution in [1.82, 2.24) is 20.2 Å². The van der Waals surface area contributed by atoms with E-state index in [4.69, 9.17) is 0 Å². The minimum Gasteiger partial charge on any atom is -0.321 e. The first-order valence-electron chi connectivity index (χ1n) is 6.71. The van der Waals surface area contributed by atoms with E-state index in [0.717, 1.165) is 0 Å². The Kier molecular flexibility index (Phi) is 4.05. The van der Waals surface area contributed by atoms with Crippen molar-refractivity contribution in [2.45, 2.75) is 0 Å². The SMILES string of the molecule is O=C(Nc1cn[nH]c1C(=O)Nc1ccccc1)c1cnccn1. The van der Waals surface area contributed by atoms with Crippen LogP contribution in [0.25, 0.3) is 0 Å².